The summed E-state index contributed by atoms with van der Waals surface area (Å²) < 4.78 is 12.4. The second kappa shape index (κ2) is 9.03. The lowest BCUT2D eigenvalue weighted by Crippen LogP contribution is -2.32. The van der Waals surface area contributed by atoms with E-state index in [4.69, 9.17) is 9.47 Å². The van der Waals surface area contributed by atoms with Crippen LogP contribution in [0.4, 0.5) is 0 Å². The lowest BCUT2D eigenvalue weighted by atomic mass is 10.0. The number of rotatable bonds is 6. The van der Waals surface area contributed by atoms with Crippen molar-refractivity contribution in [2.75, 3.05) is 39.9 Å². The molecule has 4 nitrogen and oxygen atoms in total. The number of ether oxygens (including phenoxy) is 2. The Kier molecular flexibility index (Phi) is 6.76. The molecule has 0 bridgehead atoms. The van der Waals surface area contributed by atoms with Gasteiger partial charge >= 0.3 is 0 Å². The molecule has 0 radical (unpaired) electrons. The van der Waals surface area contributed by atoms with E-state index in [0.717, 1.165) is 44.1 Å². The van der Waals surface area contributed by atoms with Gasteiger partial charge in [0.1, 0.15) is 0 Å². The Labute approximate surface area is 162 Å². The van der Waals surface area contributed by atoms with Gasteiger partial charge in [-0.15, -0.1) is 11.3 Å². The maximum atomic E-state index is 5.68. The van der Waals surface area contributed by atoms with Crippen molar-refractivity contribution in [3.05, 3.63) is 44.6 Å². The van der Waals surface area contributed by atoms with Gasteiger partial charge in [0.25, 0.3) is 0 Å². The van der Waals surface area contributed by atoms with E-state index in [1.54, 1.807) is 18.4 Å². The molecular weight excluding hydrogens is 400 g/mol. The monoisotopic (exact) mass is 424 g/mol. The first kappa shape index (κ1) is 18.7. The summed E-state index contributed by atoms with van der Waals surface area (Å²) in [7, 11) is 1.70. The molecule has 1 aliphatic heterocycles. The molecule has 2 heterocycles. The van der Waals surface area contributed by atoms with E-state index in [9.17, 15) is 0 Å². The summed E-state index contributed by atoms with van der Waals surface area (Å²) >= 11 is 5.42. The van der Waals surface area contributed by atoms with Crippen molar-refractivity contribution in [3.8, 4) is 11.5 Å². The van der Waals surface area contributed by atoms with Crippen molar-refractivity contribution >= 4 is 27.3 Å². The molecule has 1 unspecified atom stereocenters. The molecule has 0 saturated carbocycles. The Balaban J connectivity index is 1.98. The predicted octanol–water partition coefficient (Wildman–Crippen LogP) is 4.30. The molecule has 1 saturated heterocycles. The minimum absolute atomic E-state index is 0.237. The lowest BCUT2D eigenvalue weighted by molar-refractivity contribution is 0.243. The summed E-state index contributed by atoms with van der Waals surface area (Å²) in [6.07, 6.45) is 1.16. The Morgan fingerprint density at radius 2 is 2.08 bits per heavy atom. The summed E-state index contributed by atoms with van der Waals surface area (Å²) in [4.78, 5) is 3.91. The third kappa shape index (κ3) is 4.56. The molecule has 1 aromatic carbocycles. The average molecular weight is 425 g/mol. The second-order valence-corrected chi connectivity index (χ2v) is 8.52. The summed E-state index contributed by atoms with van der Waals surface area (Å²) in [6, 6.07) is 10.9. The van der Waals surface area contributed by atoms with Gasteiger partial charge in [-0.25, -0.2) is 0 Å². The van der Waals surface area contributed by atoms with E-state index in [-0.39, 0.29) is 6.04 Å². The van der Waals surface area contributed by atoms with Crippen LogP contribution in [0.25, 0.3) is 0 Å². The number of halogens is 1. The van der Waals surface area contributed by atoms with Crippen molar-refractivity contribution in [2.24, 2.45) is 0 Å². The van der Waals surface area contributed by atoms with Crippen molar-refractivity contribution < 1.29 is 9.47 Å². The topological polar surface area (TPSA) is 33.7 Å². The molecule has 0 aliphatic carbocycles. The van der Waals surface area contributed by atoms with E-state index in [2.05, 4.69) is 50.4 Å². The van der Waals surface area contributed by atoms with E-state index in [0.29, 0.717) is 6.61 Å². The Morgan fingerprint density at radius 1 is 1.20 bits per heavy atom. The third-order valence-electron chi connectivity index (χ3n) is 4.41. The zero-order chi connectivity index (χ0) is 17.6. The number of nitrogens with one attached hydrogen (secondary N) is 1. The third-order valence-corrected chi connectivity index (χ3v) is 6.08. The van der Waals surface area contributed by atoms with E-state index in [1.807, 2.05) is 13.0 Å². The molecule has 2 aromatic rings. The number of benzene rings is 1. The van der Waals surface area contributed by atoms with Gasteiger partial charge in [0.2, 0.25) is 0 Å². The normalized spacial score (nSPS) is 17.1. The fourth-order valence-corrected chi connectivity index (χ4v) is 4.87. The molecule has 0 amide bonds. The van der Waals surface area contributed by atoms with Crippen LogP contribution in [0.5, 0.6) is 11.5 Å². The summed E-state index contributed by atoms with van der Waals surface area (Å²) in [6.45, 7) is 6.86. The van der Waals surface area contributed by atoms with Gasteiger partial charge in [0.15, 0.2) is 11.5 Å². The Hall–Kier alpha value is -1.08. The van der Waals surface area contributed by atoms with E-state index >= 15 is 0 Å². The van der Waals surface area contributed by atoms with Crippen LogP contribution in [0.1, 0.15) is 29.8 Å². The lowest BCUT2D eigenvalue weighted by Gasteiger charge is -2.30. The first-order valence-electron chi connectivity index (χ1n) is 8.73. The summed E-state index contributed by atoms with van der Waals surface area (Å²) in [5.41, 5.74) is 1.25. The SMILES string of the molecule is CCOc1ccc(C(c2ccc(Br)s2)N2CCCNCC2)cc1OC. The van der Waals surface area contributed by atoms with Crippen LogP contribution in [0.2, 0.25) is 0 Å². The maximum absolute atomic E-state index is 5.68. The van der Waals surface area contributed by atoms with Crippen LogP contribution in [0.15, 0.2) is 34.1 Å². The van der Waals surface area contributed by atoms with Crippen molar-refractivity contribution in [2.45, 2.75) is 19.4 Å². The molecule has 1 N–H and O–H groups in total. The molecular formula is C19H25BrN2O2S. The molecule has 136 valence electrons. The van der Waals surface area contributed by atoms with Crippen LogP contribution >= 0.6 is 27.3 Å². The van der Waals surface area contributed by atoms with Gasteiger partial charge in [-0.2, -0.15) is 0 Å². The van der Waals surface area contributed by atoms with Crippen LogP contribution in [0.3, 0.4) is 0 Å². The Morgan fingerprint density at radius 3 is 2.80 bits per heavy atom. The van der Waals surface area contributed by atoms with Gasteiger partial charge in [-0.3, -0.25) is 4.90 Å². The summed E-state index contributed by atoms with van der Waals surface area (Å²) in [5, 5.41) is 3.50. The second-order valence-electron chi connectivity index (χ2n) is 6.03. The average Bonchev–Trinajstić information content (AvgIpc) is 2.87. The highest BCUT2D eigenvalue weighted by atomic mass is 79.9. The summed E-state index contributed by atoms with van der Waals surface area (Å²) in [5.74, 6) is 1.60. The number of hydrogen-bond donors (Lipinski definition) is 1. The first-order valence-corrected chi connectivity index (χ1v) is 10.3. The number of methoxy groups -OCH3 is 1. The van der Waals surface area contributed by atoms with Crippen LogP contribution in [-0.4, -0.2) is 44.8 Å². The van der Waals surface area contributed by atoms with Crippen LogP contribution in [0, 0.1) is 0 Å². The quantitative estimate of drug-likeness (QED) is 0.748. The first-order chi connectivity index (χ1) is 12.2. The van der Waals surface area contributed by atoms with Gasteiger partial charge < -0.3 is 14.8 Å². The fraction of sp³-hybridized carbons (Fsp3) is 0.474. The largest absolute Gasteiger partial charge is 0.493 e. The van der Waals surface area contributed by atoms with Gasteiger partial charge in [-0.1, -0.05) is 6.07 Å². The van der Waals surface area contributed by atoms with E-state index in [1.165, 1.54) is 14.2 Å². The molecule has 6 heteroatoms. The van der Waals surface area contributed by atoms with Gasteiger partial charge in [0, 0.05) is 24.5 Å². The number of hydrogen-bond acceptors (Lipinski definition) is 5. The van der Waals surface area contributed by atoms with Crippen molar-refractivity contribution in [1.82, 2.24) is 10.2 Å². The standard InChI is InChI=1S/C19H25BrN2O2S/c1-3-24-15-6-5-14(13-16(15)23-2)19(17-7-8-18(20)25-17)22-11-4-9-21-10-12-22/h5-8,13,19,21H,3-4,9-12H2,1-2H3. The smallest absolute Gasteiger partial charge is 0.161 e. The number of thiophene rings is 1. The minimum Gasteiger partial charge on any atom is -0.493 e. The van der Waals surface area contributed by atoms with Crippen LogP contribution < -0.4 is 14.8 Å². The zero-order valence-electron chi connectivity index (χ0n) is 14.8. The molecule has 1 aromatic heterocycles. The molecule has 1 fully saturated rings. The Bertz CT molecular complexity index is 684. The number of nitrogens with zero attached hydrogens (tertiary/aromatic N) is 1. The van der Waals surface area contributed by atoms with E-state index < -0.39 is 0 Å². The van der Waals surface area contributed by atoms with Crippen molar-refractivity contribution in [1.29, 1.82) is 0 Å². The highest BCUT2D eigenvalue weighted by Gasteiger charge is 2.25. The zero-order valence-corrected chi connectivity index (χ0v) is 17.2. The molecule has 25 heavy (non-hydrogen) atoms. The van der Waals surface area contributed by atoms with Crippen LogP contribution in [-0.2, 0) is 0 Å². The maximum Gasteiger partial charge on any atom is 0.161 e. The predicted molar refractivity (Wildman–Crippen MR) is 107 cm³/mol. The highest BCUT2D eigenvalue weighted by Crippen LogP contribution is 2.39. The van der Waals surface area contributed by atoms with Gasteiger partial charge in [-0.05, 0) is 65.6 Å². The molecule has 0 spiro atoms. The molecule has 3 rings (SSSR count). The van der Waals surface area contributed by atoms with Crippen molar-refractivity contribution in [3.63, 3.8) is 0 Å². The fourth-order valence-electron chi connectivity index (χ4n) is 3.28. The van der Waals surface area contributed by atoms with Gasteiger partial charge in [0.05, 0.1) is 23.5 Å². The highest BCUT2D eigenvalue weighted by molar-refractivity contribution is 9.11. The molecule has 1 atom stereocenters. The molecule has 1 aliphatic rings. The minimum atomic E-state index is 0.237.